The van der Waals surface area contributed by atoms with E-state index in [0.717, 1.165) is 0 Å². The van der Waals surface area contributed by atoms with Crippen LogP contribution in [-0.4, -0.2) is 34.7 Å². The Bertz CT molecular complexity index is 161. The second kappa shape index (κ2) is 4.72. The fourth-order valence-corrected chi connectivity index (χ4v) is 1.88. The van der Waals surface area contributed by atoms with Crippen molar-refractivity contribution < 1.29 is 9.90 Å². The second-order valence-corrected chi connectivity index (χ2v) is 4.24. The summed E-state index contributed by atoms with van der Waals surface area (Å²) in [6.07, 6.45) is 1.91. The Labute approximate surface area is 77.9 Å². The van der Waals surface area contributed by atoms with Crippen molar-refractivity contribution in [3.05, 3.63) is 0 Å². The van der Waals surface area contributed by atoms with Gasteiger partial charge in [0, 0.05) is 11.8 Å². The van der Waals surface area contributed by atoms with Crippen molar-refractivity contribution in [2.45, 2.75) is 32.4 Å². The van der Waals surface area contributed by atoms with Crippen molar-refractivity contribution in [3.63, 3.8) is 0 Å². The zero-order valence-corrected chi connectivity index (χ0v) is 8.86. The van der Waals surface area contributed by atoms with Gasteiger partial charge in [0.2, 0.25) is 0 Å². The van der Waals surface area contributed by atoms with Gasteiger partial charge in [-0.3, -0.25) is 10.1 Å². The van der Waals surface area contributed by atoms with Crippen LogP contribution in [0.5, 0.6) is 0 Å². The molecule has 0 aromatic carbocycles. The third kappa shape index (κ3) is 3.45. The number of nitrogens with one attached hydrogen (secondary N) is 1. The lowest BCUT2D eigenvalue weighted by molar-refractivity contribution is -0.143. The molecule has 0 saturated heterocycles. The van der Waals surface area contributed by atoms with Crippen LogP contribution in [0.25, 0.3) is 0 Å². The van der Waals surface area contributed by atoms with Gasteiger partial charge in [-0.15, -0.1) is 0 Å². The molecule has 0 spiro atoms. The summed E-state index contributed by atoms with van der Waals surface area (Å²) in [5.74, 6) is -0.203. The summed E-state index contributed by atoms with van der Waals surface area (Å²) in [4.78, 5) is 10.9. The van der Waals surface area contributed by atoms with Crippen LogP contribution >= 0.6 is 11.8 Å². The minimum absolute atomic E-state index is 0.193. The van der Waals surface area contributed by atoms with E-state index in [1.54, 1.807) is 6.92 Å². The summed E-state index contributed by atoms with van der Waals surface area (Å²) in [5, 5.41) is 12.0. The average molecular weight is 191 g/mol. The fraction of sp³-hybridized carbons (Fsp3) is 0.875. The highest BCUT2D eigenvalue weighted by atomic mass is 32.2. The van der Waals surface area contributed by atoms with Gasteiger partial charge in [-0.05, 0) is 27.0 Å². The molecule has 2 N–H and O–H groups in total. The van der Waals surface area contributed by atoms with Gasteiger partial charge in [0.1, 0.15) is 5.54 Å². The number of carboxylic acid groups (broad SMARTS) is 1. The zero-order valence-electron chi connectivity index (χ0n) is 8.05. The van der Waals surface area contributed by atoms with E-state index in [2.05, 4.69) is 5.32 Å². The third-order valence-electron chi connectivity index (χ3n) is 1.51. The van der Waals surface area contributed by atoms with Gasteiger partial charge >= 0.3 is 5.97 Å². The quantitative estimate of drug-likeness (QED) is 0.685. The molecule has 0 aromatic rings. The molecule has 0 aliphatic rings. The Hall–Kier alpha value is -0.220. The van der Waals surface area contributed by atoms with Crippen LogP contribution in [0.3, 0.4) is 0 Å². The largest absolute Gasteiger partial charge is 0.480 e. The monoisotopic (exact) mass is 191 g/mol. The van der Waals surface area contributed by atoms with Crippen molar-refractivity contribution in [1.82, 2.24) is 5.32 Å². The smallest absolute Gasteiger partial charge is 0.324 e. The summed E-state index contributed by atoms with van der Waals surface area (Å²) >= 11 is 1.54. The number of hydrogen-bond acceptors (Lipinski definition) is 3. The Balaban J connectivity index is 4.28. The topological polar surface area (TPSA) is 49.3 Å². The molecule has 0 heterocycles. The standard InChI is InChI=1S/C8H17NO2S/c1-6(2)9-8(3,5-12-4)7(10)11/h6,9H,5H2,1-4H3,(H,10,11). The molecule has 1 unspecified atom stereocenters. The molecule has 72 valence electrons. The lowest BCUT2D eigenvalue weighted by Crippen LogP contribution is -2.54. The summed E-state index contributed by atoms with van der Waals surface area (Å²) < 4.78 is 0. The molecule has 4 heteroatoms. The Kier molecular flexibility index (Phi) is 4.63. The van der Waals surface area contributed by atoms with Crippen molar-refractivity contribution in [2.75, 3.05) is 12.0 Å². The average Bonchev–Trinajstić information content (AvgIpc) is 1.85. The van der Waals surface area contributed by atoms with Gasteiger partial charge in [0.25, 0.3) is 0 Å². The number of rotatable bonds is 5. The predicted molar refractivity (Wildman–Crippen MR) is 52.7 cm³/mol. The molecule has 3 nitrogen and oxygen atoms in total. The number of carbonyl (C=O) groups is 1. The highest BCUT2D eigenvalue weighted by Gasteiger charge is 2.32. The van der Waals surface area contributed by atoms with Crippen molar-refractivity contribution in [2.24, 2.45) is 0 Å². The SMILES string of the molecule is CSCC(C)(NC(C)C)C(=O)O. The second-order valence-electron chi connectivity index (χ2n) is 3.37. The van der Waals surface area contributed by atoms with Gasteiger partial charge in [-0.2, -0.15) is 11.8 Å². The van der Waals surface area contributed by atoms with Crippen LogP contribution in [0.2, 0.25) is 0 Å². The molecule has 0 radical (unpaired) electrons. The molecule has 0 bridgehead atoms. The molecule has 0 aliphatic heterocycles. The van der Waals surface area contributed by atoms with Crippen LogP contribution in [0.4, 0.5) is 0 Å². The van der Waals surface area contributed by atoms with Gasteiger partial charge in [0.05, 0.1) is 0 Å². The Morgan fingerprint density at radius 1 is 1.67 bits per heavy atom. The van der Waals surface area contributed by atoms with Crippen molar-refractivity contribution in [3.8, 4) is 0 Å². The van der Waals surface area contributed by atoms with E-state index in [1.165, 1.54) is 11.8 Å². The summed E-state index contributed by atoms with van der Waals surface area (Å²) in [5.41, 5.74) is -0.798. The van der Waals surface area contributed by atoms with Crippen LogP contribution in [0, 0.1) is 0 Å². The number of hydrogen-bond donors (Lipinski definition) is 2. The molecule has 12 heavy (non-hydrogen) atoms. The summed E-state index contributed by atoms with van der Waals surface area (Å²) in [7, 11) is 0. The summed E-state index contributed by atoms with van der Waals surface area (Å²) in [6, 6.07) is 0.193. The highest BCUT2D eigenvalue weighted by molar-refractivity contribution is 7.98. The maximum absolute atomic E-state index is 10.9. The first-order chi connectivity index (χ1) is 5.42. The maximum atomic E-state index is 10.9. The summed E-state index contributed by atoms with van der Waals surface area (Å²) in [6.45, 7) is 5.61. The number of thioether (sulfide) groups is 1. The minimum atomic E-state index is -0.798. The van der Waals surface area contributed by atoms with Crippen LogP contribution in [-0.2, 0) is 4.79 Å². The van der Waals surface area contributed by atoms with E-state index < -0.39 is 11.5 Å². The molecule has 0 aliphatic carbocycles. The zero-order chi connectivity index (χ0) is 9.78. The molecule has 0 aromatic heterocycles. The van der Waals surface area contributed by atoms with Crippen LogP contribution in [0.1, 0.15) is 20.8 Å². The molecule has 1 atom stereocenters. The maximum Gasteiger partial charge on any atom is 0.324 e. The Morgan fingerprint density at radius 2 is 2.17 bits per heavy atom. The van der Waals surface area contributed by atoms with Crippen molar-refractivity contribution >= 4 is 17.7 Å². The van der Waals surface area contributed by atoms with E-state index in [9.17, 15) is 4.79 Å². The molecule has 0 saturated carbocycles. The molecule has 0 fully saturated rings. The van der Waals surface area contributed by atoms with Crippen molar-refractivity contribution in [1.29, 1.82) is 0 Å². The molecule has 0 amide bonds. The molecular weight excluding hydrogens is 174 g/mol. The van der Waals surface area contributed by atoms with Gasteiger partial charge in [-0.1, -0.05) is 0 Å². The van der Waals surface area contributed by atoms with Gasteiger partial charge in [-0.25, -0.2) is 0 Å². The van der Waals surface area contributed by atoms with E-state index in [1.807, 2.05) is 20.1 Å². The first-order valence-corrected chi connectivity index (χ1v) is 5.32. The first kappa shape index (κ1) is 11.8. The van der Waals surface area contributed by atoms with Crippen LogP contribution in [0.15, 0.2) is 0 Å². The highest BCUT2D eigenvalue weighted by Crippen LogP contribution is 2.12. The lowest BCUT2D eigenvalue weighted by atomic mass is 10.1. The minimum Gasteiger partial charge on any atom is -0.480 e. The first-order valence-electron chi connectivity index (χ1n) is 3.92. The van der Waals surface area contributed by atoms with E-state index in [4.69, 9.17) is 5.11 Å². The fourth-order valence-electron chi connectivity index (χ4n) is 1.09. The number of carboxylic acids is 1. The van der Waals surface area contributed by atoms with E-state index in [-0.39, 0.29) is 6.04 Å². The normalized spacial score (nSPS) is 16.1. The third-order valence-corrected chi connectivity index (χ3v) is 2.38. The molecule has 0 rings (SSSR count). The van der Waals surface area contributed by atoms with Crippen LogP contribution < -0.4 is 5.32 Å². The van der Waals surface area contributed by atoms with E-state index >= 15 is 0 Å². The molecular formula is C8H17NO2S. The van der Waals surface area contributed by atoms with E-state index in [0.29, 0.717) is 5.75 Å². The van der Waals surface area contributed by atoms with Gasteiger partial charge in [0.15, 0.2) is 0 Å². The number of aliphatic carboxylic acids is 1. The van der Waals surface area contributed by atoms with Gasteiger partial charge < -0.3 is 5.11 Å². The Morgan fingerprint density at radius 3 is 2.42 bits per heavy atom. The predicted octanol–water partition coefficient (Wildman–Crippen LogP) is 1.19. The lowest BCUT2D eigenvalue weighted by Gasteiger charge is -2.27.